The van der Waals surface area contributed by atoms with Gasteiger partial charge in [0.1, 0.15) is 11.6 Å². The van der Waals surface area contributed by atoms with Crippen LogP contribution in [0.15, 0.2) is 18.2 Å². The number of nitrogens with two attached hydrogens (primary N) is 1. The lowest BCUT2D eigenvalue weighted by Crippen LogP contribution is -2.18. The van der Waals surface area contributed by atoms with Crippen molar-refractivity contribution < 1.29 is 18.3 Å². The predicted octanol–water partition coefficient (Wildman–Crippen LogP) is 1.92. The summed E-state index contributed by atoms with van der Waals surface area (Å²) in [6, 6.07) is 2.25. The lowest BCUT2D eigenvalue weighted by Gasteiger charge is -2.11. The van der Waals surface area contributed by atoms with Crippen molar-refractivity contribution in [3.63, 3.8) is 0 Å². The van der Waals surface area contributed by atoms with Crippen molar-refractivity contribution in [3.8, 4) is 0 Å². The minimum absolute atomic E-state index is 0.106. The molecule has 1 atom stereocenters. The highest BCUT2D eigenvalue weighted by Crippen LogP contribution is 2.19. The van der Waals surface area contributed by atoms with Crippen molar-refractivity contribution in [1.82, 2.24) is 0 Å². The Morgan fingerprint density at radius 2 is 2.19 bits per heavy atom. The number of benzene rings is 1. The first kappa shape index (κ1) is 12.6. The van der Waals surface area contributed by atoms with Gasteiger partial charge in [-0.2, -0.15) is 0 Å². The van der Waals surface area contributed by atoms with Gasteiger partial charge in [0.2, 0.25) is 0 Å². The second-order valence-electron chi connectivity index (χ2n) is 3.28. The summed E-state index contributed by atoms with van der Waals surface area (Å²) >= 11 is 0. The molecule has 0 fully saturated rings. The second-order valence-corrected chi connectivity index (χ2v) is 3.28. The summed E-state index contributed by atoms with van der Waals surface area (Å²) in [7, 11) is 0. The van der Waals surface area contributed by atoms with E-state index in [1.54, 1.807) is 6.92 Å². The summed E-state index contributed by atoms with van der Waals surface area (Å²) in [6.07, 6.45) is -0.129. The van der Waals surface area contributed by atoms with E-state index in [2.05, 4.69) is 4.74 Å². The molecule has 0 unspecified atom stereocenters. The van der Waals surface area contributed by atoms with E-state index in [0.717, 1.165) is 12.1 Å². The van der Waals surface area contributed by atoms with Crippen molar-refractivity contribution in [2.45, 2.75) is 19.4 Å². The van der Waals surface area contributed by atoms with Gasteiger partial charge >= 0.3 is 5.97 Å². The molecule has 0 aromatic heterocycles. The van der Waals surface area contributed by atoms with E-state index in [9.17, 15) is 13.6 Å². The first-order chi connectivity index (χ1) is 7.54. The summed E-state index contributed by atoms with van der Waals surface area (Å²) in [5.74, 6) is -1.93. The van der Waals surface area contributed by atoms with E-state index >= 15 is 0 Å². The molecule has 3 nitrogen and oxygen atoms in total. The first-order valence-corrected chi connectivity index (χ1v) is 4.90. The zero-order valence-electron chi connectivity index (χ0n) is 8.87. The zero-order valence-corrected chi connectivity index (χ0v) is 8.87. The van der Waals surface area contributed by atoms with Crippen molar-refractivity contribution in [2.75, 3.05) is 6.61 Å². The lowest BCUT2D eigenvalue weighted by atomic mass is 10.0. The lowest BCUT2D eigenvalue weighted by molar-refractivity contribution is -0.143. The van der Waals surface area contributed by atoms with Gasteiger partial charge in [-0.25, -0.2) is 8.78 Å². The minimum Gasteiger partial charge on any atom is -0.466 e. The molecule has 0 saturated carbocycles. The van der Waals surface area contributed by atoms with E-state index in [0.29, 0.717) is 0 Å². The van der Waals surface area contributed by atoms with Crippen LogP contribution in [0.1, 0.15) is 24.9 Å². The number of halogens is 2. The molecule has 0 aliphatic rings. The molecule has 1 rings (SSSR count). The number of rotatable bonds is 4. The Morgan fingerprint density at radius 3 is 2.75 bits per heavy atom. The van der Waals surface area contributed by atoms with Gasteiger partial charge in [0.25, 0.3) is 0 Å². The van der Waals surface area contributed by atoms with Gasteiger partial charge in [-0.1, -0.05) is 6.07 Å². The maximum Gasteiger partial charge on any atom is 0.307 e. The SMILES string of the molecule is CCOC(=O)C[C@H](N)c1ccc(F)cc1F. The monoisotopic (exact) mass is 229 g/mol. The summed E-state index contributed by atoms with van der Waals surface area (Å²) < 4.78 is 30.6. The molecule has 0 aliphatic heterocycles. The maximum absolute atomic E-state index is 13.3. The summed E-state index contributed by atoms with van der Waals surface area (Å²) in [5.41, 5.74) is 5.72. The molecule has 16 heavy (non-hydrogen) atoms. The Kier molecular flexibility index (Phi) is 4.37. The van der Waals surface area contributed by atoms with Gasteiger partial charge in [-0.3, -0.25) is 4.79 Å². The van der Waals surface area contributed by atoms with Crippen LogP contribution in [0.25, 0.3) is 0 Å². The Bertz CT molecular complexity index is 382. The van der Waals surface area contributed by atoms with Gasteiger partial charge in [-0.15, -0.1) is 0 Å². The van der Waals surface area contributed by atoms with E-state index in [4.69, 9.17) is 5.73 Å². The molecular weight excluding hydrogens is 216 g/mol. The molecule has 1 aromatic rings. The highest BCUT2D eigenvalue weighted by atomic mass is 19.1. The van der Waals surface area contributed by atoms with Crippen LogP contribution in [0, 0.1) is 11.6 Å². The molecule has 1 aromatic carbocycles. The second kappa shape index (κ2) is 5.55. The summed E-state index contributed by atoms with van der Waals surface area (Å²) in [5, 5.41) is 0. The van der Waals surface area contributed by atoms with Crippen molar-refractivity contribution in [1.29, 1.82) is 0 Å². The van der Waals surface area contributed by atoms with Gasteiger partial charge in [0.15, 0.2) is 0 Å². The Balaban J connectivity index is 2.72. The minimum atomic E-state index is -0.820. The number of ether oxygens (including phenoxy) is 1. The molecule has 0 amide bonds. The highest BCUT2D eigenvalue weighted by Gasteiger charge is 2.16. The molecule has 0 heterocycles. The molecule has 0 aliphatic carbocycles. The fourth-order valence-corrected chi connectivity index (χ4v) is 1.31. The Hall–Kier alpha value is -1.49. The van der Waals surface area contributed by atoms with Crippen LogP contribution in [0.5, 0.6) is 0 Å². The van der Waals surface area contributed by atoms with Gasteiger partial charge in [0, 0.05) is 17.7 Å². The van der Waals surface area contributed by atoms with Crippen LogP contribution in [0.3, 0.4) is 0 Å². The average Bonchev–Trinajstić information content (AvgIpc) is 2.17. The van der Waals surface area contributed by atoms with E-state index in [1.807, 2.05) is 0 Å². The topological polar surface area (TPSA) is 52.3 Å². The van der Waals surface area contributed by atoms with Crippen LogP contribution >= 0.6 is 0 Å². The normalized spacial score (nSPS) is 12.2. The third-order valence-corrected chi connectivity index (χ3v) is 2.05. The molecule has 0 saturated heterocycles. The molecular formula is C11H13F2NO2. The van der Waals surface area contributed by atoms with Gasteiger partial charge in [-0.05, 0) is 13.0 Å². The van der Waals surface area contributed by atoms with Crippen molar-refractivity contribution >= 4 is 5.97 Å². The fourth-order valence-electron chi connectivity index (χ4n) is 1.31. The summed E-state index contributed by atoms with van der Waals surface area (Å²) in [6.45, 7) is 1.92. The van der Waals surface area contributed by atoms with Gasteiger partial charge in [0.05, 0.1) is 13.0 Å². The van der Waals surface area contributed by atoms with E-state index < -0.39 is 23.6 Å². The van der Waals surface area contributed by atoms with Gasteiger partial charge < -0.3 is 10.5 Å². The molecule has 2 N–H and O–H groups in total. The smallest absolute Gasteiger partial charge is 0.307 e. The van der Waals surface area contributed by atoms with Crippen molar-refractivity contribution in [3.05, 3.63) is 35.4 Å². The number of carbonyl (C=O) groups excluding carboxylic acids is 1. The van der Waals surface area contributed by atoms with Crippen molar-refractivity contribution in [2.24, 2.45) is 5.73 Å². The number of hydrogen-bond donors (Lipinski definition) is 1. The van der Waals surface area contributed by atoms with E-state index in [-0.39, 0.29) is 18.6 Å². The Morgan fingerprint density at radius 1 is 1.50 bits per heavy atom. The standard InChI is InChI=1S/C11H13F2NO2/c1-2-16-11(15)6-10(14)8-4-3-7(12)5-9(8)13/h3-5,10H,2,6,14H2,1H3/t10-/m0/s1. The molecule has 5 heteroatoms. The number of hydrogen-bond acceptors (Lipinski definition) is 3. The predicted molar refractivity (Wildman–Crippen MR) is 54.5 cm³/mol. The molecule has 88 valence electrons. The van der Waals surface area contributed by atoms with Crippen LogP contribution in [-0.4, -0.2) is 12.6 Å². The maximum atomic E-state index is 13.3. The molecule has 0 radical (unpaired) electrons. The quantitative estimate of drug-likeness (QED) is 0.802. The molecule has 0 bridgehead atoms. The summed E-state index contributed by atoms with van der Waals surface area (Å²) in [4.78, 5) is 11.1. The van der Waals surface area contributed by atoms with E-state index in [1.165, 1.54) is 6.07 Å². The largest absolute Gasteiger partial charge is 0.466 e. The van der Waals surface area contributed by atoms with Crippen LogP contribution in [0.2, 0.25) is 0 Å². The third-order valence-electron chi connectivity index (χ3n) is 2.05. The van der Waals surface area contributed by atoms with Crippen LogP contribution in [-0.2, 0) is 9.53 Å². The number of esters is 1. The Labute approximate surface area is 92.2 Å². The first-order valence-electron chi connectivity index (χ1n) is 4.90. The van der Waals surface area contributed by atoms with Crippen LogP contribution in [0.4, 0.5) is 8.78 Å². The highest BCUT2D eigenvalue weighted by molar-refractivity contribution is 5.70. The number of carbonyl (C=O) groups is 1. The zero-order chi connectivity index (χ0) is 12.1. The third kappa shape index (κ3) is 3.27. The van der Waals surface area contributed by atoms with Crippen LogP contribution < -0.4 is 5.73 Å². The average molecular weight is 229 g/mol. The fraction of sp³-hybridized carbons (Fsp3) is 0.364. The molecule has 0 spiro atoms.